The Morgan fingerprint density at radius 2 is 1.67 bits per heavy atom. The molecule has 4 rings (SSSR count). The number of hydrogen-bond donors (Lipinski definition) is 0. The quantitative estimate of drug-likeness (QED) is 0.403. The smallest absolute Gasteiger partial charge is 0.311 e. The van der Waals surface area contributed by atoms with Crippen molar-refractivity contribution in [1.82, 2.24) is 9.78 Å². The molecule has 0 radical (unpaired) electrons. The van der Waals surface area contributed by atoms with Crippen LogP contribution in [0.2, 0.25) is 5.02 Å². The third kappa shape index (κ3) is 4.31. The van der Waals surface area contributed by atoms with Crippen LogP contribution in [0.4, 0.5) is 0 Å². The van der Waals surface area contributed by atoms with Crippen molar-refractivity contribution in [2.24, 2.45) is 0 Å². The van der Waals surface area contributed by atoms with E-state index >= 15 is 0 Å². The Morgan fingerprint density at radius 3 is 2.43 bits per heavy atom. The van der Waals surface area contributed by atoms with E-state index in [9.17, 15) is 4.79 Å². The van der Waals surface area contributed by atoms with Gasteiger partial charge in [-0.25, -0.2) is 4.68 Å². The highest BCUT2D eigenvalue weighted by atomic mass is 35.5. The Kier molecular flexibility index (Phi) is 5.72. The van der Waals surface area contributed by atoms with Crippen LogP contribution < -0.4 is 15.0 Å². The van der Waals surface area contributed by atoms with E-state index in [0.29, 0.717) is 12.3 Å². The first kappa shape index (κ1) is 20.0. The maximum atomic E-state index is 13.0. The highest BCUT2D eigenvalue weighted by Crippen LogP contribution is 2.27. The molecule has 1 aromatic heterocycles. The van der Waals surface area contributed by atoms with Crippen molar-refractivity contribution in [3.63, 3.8) is 0 Å². The summed E-state index contributed by atoms with van der Waals surface area (Å²) in [6, 6.07) is 21.1. The Morgan fingerprint density at radius 1 is 0.967 bits per heavy atom. The summed E-state index contributed by atoms with van der Waals surface area (Å²) < 4.78 is 12.8. The lowest BCUT2D eigenvalue weighted by Crippen LogP contribution is -2.24. The monoisotopic (exact) mass is 420 g/mol. The summed E-state index contributed by atoms with van der Waals surface area (Å²) >= 11 is 6.22. The number of nitrogens with zero attached hydrogens (tertiary/aromatic N) is 2. The van der Waals surface area contributed by atoms with Gasteiger partial charge < -0.3 is 9.47 Å². The van der Waals surface area contributed by atoms with Crippen molar-refractivity contribution in [3.05, 3.63) is 93.9 Å². The zero-order valence-corrected chi connectivity index (χ0v) is 17.5. The molecule has 0 unspecified atom stereocenters. The van der Waals surface area contributed by atoms with Gasteiger partial charge in [0.2, 0.25) is 5.75 Å². The van der Waals surface area contributed by atoms with Gasteiger partial charge in [-0.15, -0.1) is 0 Å². The van der Waals surface area contributed by atoms with E-state index in [1.54, 1.807) is 24.3 Å². The molecule has 3 aromatic carbocycles. The van der Waals surface area contributed by atoms with Gasteiger partial charge in [-0.2, -0.15) is 5.10 Å². The fraction of sp³-hybridized carbons (Fsp3) is 0.167. The molecule has 0 saturated carbocycles. The average Bonchev–Trinajstić information content (AvgIpc) is 2.74. The van der Waals surface area contributed by atoms with Crippen molar-refractivity contribution in [1.29, 1.82) is 0 Å². The number of ether oxygens (including phenoxy) is 2. The molecule has 0 aliphatic rings. The Labute approximate surface area is 179 Å². The fourth-order valence-electron chi connectivity index (χ4n) is 3.22. The molecule has 0 aliphatic carbocycles. The van der Waals surface area contributed by atoms with Crippen LogP contribution in [0.15, 0.2) is 77.7 Å². The lowest BCUT2D eigenvalue weighted by molar-refractivity contribution is 0.242. The van der Waals surface area contributed by atoms with Crippen LogP contribution in [0.3, 0.4) is 0 Å². The van der Waals surface area contributed by atoms with Crippen molar-refractivity contribution >= 4 is 22.4 Å². The van der Waals surface area contributed by atoms with E-state index < -0.39 is 5.56 Å². The van der Waals surface area contributed by atoms with Crippen LogP contribution in [0.1, 0.15) is 19.4 Å². The predicted octanol–water partition coefficient (Wildman–Crippen LogP) is 5.68. The lowest BCUT2D eigenvalue weighted by Gasteiger charge is -2.12. The highest BCUT2D eigenvalue weighted by molar-refractivity contribution is 6.31. The first-order chi connectivity index (χ1) is 14.5. The molecule has 1 heterocycles. The maximum absolute atomic E-state index is 13.0. The Bertz CT molecular complexity index is 1230. The summed E-state index contributed by atoms with van der Waals surface area (Å²) in [6.07, 6.45) is 1.51. The molecule has 30 heavy (non-hydrogen) atoms. The SMILES string of the molecule is CC(C)Oc1ccc(Oc2c(Cl)cnn(Cc3cccc4ccccc34)c2=O)cc1. The van der Waals surface area contributed by atoms with Crippen LogP contribution >= 0.6 is 11.6 Å². The molecule has 5 nitrogen and oxygen atoms in total. The topological polar surface area (TPSA) is 53.4 Å². The van der Waals surface area contributed by atoms with E-state index in [2.05, 4.69) is 5.10 Å². The van der Waals surface area contributed by atoms with Crippen LogP contribution in [0.5, 0.6) is 17.2 Å². The summed E-state index contributed by atoms with van der Waals surface area (Å²) in [5.41, 5.74) is 0.601. The summed E-state index contributed by atoms with van der Waals surface area (Å²) in [7, 11) is 0. The number of aromatic nitrogens is 2. The largest absolute Gasteiger partial charge is 0.491 e. The van der Waals surface area contributed by atoms with Gasteiger partial charge in [0.15, 0.2) is 0 Å². The van der Waals surface area contributed by atoms with Gasteiger partial charge in [0.25, 0.3) is 0 Å². The van der Waals surface area contributed by atoms with Gasteiger partial charge in [-0.05, 0) is 54.4 Å². The van der Waals surface area contributed by atoms with E-state index in [1.807, 2.05) is 56.3 Å². The normalized spacial score (nSPS) is 11.1. The molecular formula is C24H21ClN2O3. The molecular weight excluding hydrogens is 400 g/mol. The number of rotatable bonds is 6. The fourth-order valence-corrected chi connectivity index (χ4v) is 3.39. The molecule has 152 valence electrons. The zero-order chi connectivity index (χ0) is 21.1. The molecule has 0 fully saturated rings. The van der Waals surface area contributed by atoms with Gasteiger partial charge in [0.1, 0.15) is 16.5 Å². The zero-order valence-electron chi connectivity index (χ0n) is 16.7. The molecule has 0 bridgehead atoms. The van der Waals surface area contributed by atoms with Crippen molar-refractivity contribution in [2.75, 3.05) is 0 Å². The van der Waals surface area contributed by atoms with E-state index in [-0.39, 0.29) is 16.9 Å². The second-order valence-electron chi connectivity index (χ2n) is 7.16. The molecule has 0 aliphatic heterocycles. The molecule has 0 saturated heterocycles. The van der Waals surface area contributed by atoms with Crippen LogP contribution in [0.25, 0.3) is 10.8 Å². The summed E-state index contributed by atoms with van der Waals surface area (Å²) in [6.45, 7) is 4.23. The molecule has 0 amide bonds. The second-order valence-corrected chi connectivity index (χ2v) is 7.57. The van der Waals surface area contributed by atoms with E-state index in [4.69, 9.17) is 21.1 Å². The standard InChI is InChI=1S/C24H21ClN2O3/c1-16(2)29-19-10-12-20(13-11-19)30-23-22(25)14-26-27(24(23)28)15-18-8-5-7-17-6-3-4-9-21(17)18/h3-14,16H,15H2,1-2H3. The summed E-state index contributed by atoms with van der Waals surface area (Å²) in [5.74, 6) is 1.27. The van der Waals surface area contributed by atoms with E-state index in [0.717, 1.165) is 22.1 Å². The van der Waals surface area contributed by atoms with Crippen molar-refractivity contribution in [2.45, 2.75) is 26.5 Å². The number of hydrogen-bond acceptors (Lipinski definition) is 4. The third-order valence-corrected chi connectivity index (χ3v) is 4.84. The van der Waals surface area contributed by atoms with Crippen LogP contribution in [-0.4, -0.2) is 15.9 Å². The van der Waals surface area contributed by atoms with Crippen LogP contribution in [-0.2, 0) is 6.54 Å². The highest BCUT2D eigenvalue weighted by Gasteiger charge is 2.14. The molecule has 6 heteroatoms. The predicted molar refractivity (Wildman–Crippen MR) is 119 cm³/mol. The molecule has 0 spiro atoms. The second kappa shape index (κ2) is 8.59. The minimum Gasteiger partial charge on any atom is -0.491 e. The van der Waals surface area contributed by atoms with Gasteiger partial charge in [0, 0.05) is 0 Å². The first-order valence-electron chi connectivity index (χ1n) is 9.68. The molecule has 0 atom stereocenters. The third-order valence-electron chi connectivity index (χ3n) is 4.57. The van der Waals surface area contributed by atoms with Crippen molar-refractivity contribution in [3.8, 4) is 17.2 Å². The molecule has 0 N–H and O–H groups in total. The summed E-state index contributed by atoms with van der Waals surface area (Å²) in [5, 5.41) is 6.55. The Balaban J connectivity index is 1.63. The number of benzene rings is 3. The minimum absolute atomic E-state index is 0.0458. The number of fused-ring (bicyclic) bond motifs is 1. The lowest BCUT2D eigenvalue weighted by atomic mass is 10.0. The van der Waals surface area contributed by atoms with Gasteiger partial charge >= 0.3 is 5.56 Å². The van der Waals surface area contributed by atoms with Gasteiger partial charge in [0.05, 0.1) is 18.8 Å². The van der Waals surface area contributed by atoms with Crippen LogP contribution in [0, 0.1) is 0 Å². The van der Waals surface area contributed by atoms with Gasteiger partial charge in [-0.1, -0.05) is 54.1 Å². The maximum Gasteiger partial charge on any atom is 0.311 e. The summed E-state index contributed by atoms with van der Waals surface area (Å²) in [4.78, 5) is 13.0. The minimum atomic E-state index is -0.391. The van der Waals surface area contributed by atoms with Gasteiger partial charge in [-0.3, -0.25) is 4.79 Å². The Hall–Kier alpha value is -3.31. The average molecular weight is 421 g/mol. The molecule has 4 aromatic rings. The van der Waals surface area contributed by atoms with E-state index in [1.165, 1.54) is 10.9 Å². The number of halogens is 1. The van der Waals surface area contributed by atoms with Crippen molar-refractivity contribution < 1.29 is 9.47 Å². The first-order valence-corrected chi connectivity index (χ1v) is 10.1.